The van der Waals surface area contributed by atoms with Gasteiger partial charge >= 0.3 is 17.9 Å². The number of quaternary nitrogens is 1. The van der Waals surface area contributed by atoms with Gasteiger partial charge in [0.05, 0.1) is 34.4 Å². The fourth-order valence-corrected chi connectivity index (χ4v) is 6.75. The SMILES string of the molecule is CC/C=C/C/C=C/C/C=C/CCCCCCC(=O)OCC(COCCC(C(=O)O)[N+](C)(C)C)OC(=O)CCCCCCCCCCCCCCCCCCCC. The molecule has 8 nitrogen and oxygen atoms in total. The third kappa shape index (κ3) is 37.1. The van der Waals surface area contributed by atoms with Crippen LogP contribution in [0.2, 0.25) is 0 Å². The van der Waals surface area contributed by atoms with Crippen LogP contribution in [0.5, 0.6) is 0 Å². The monoisotopic (exact) mass is 791 g/mol. The normalized spacial score (nSPS) is 13.2. The van der Waals surface area contributed by atoms with Crippen molar-refractivity contribution in [2.45, 2.75) is 212 Å². The quantitative estimate of drug-likeness (QED) is 0.0285. The highest BCUT2D eigenvalue weighted by molar-refractivity contribution is 5.72. The summed E-state index contributed by atoms with van der Waals surface area (Å²) in [5, 5.41) is 9.62. The van der Waals surface area contributed by atoms with Gasteiger partial charge in [-0.3, -0.25) is 9.59 Å². The molecule has 1 N–H and O–H groups in total. The minimum absolute atomic E-state index is 0.0564. The Morgan fingerprint density at radius 2 is 1.00 bits per heavy atom. The molecule has 0 aromatic heterocycles. The molecule has 2 unspecified atom stereocenters. The van der Waals surface area contributed by atoms with Crippen molar-refractivity contribution >= 4 is 17.9 Å². The second-order valence-electron chi connectivity index (χ2n) is 16.6. The lowest BCUT2D eigenvalue weighted by molar-refractivity contribution is -0.887. The van der Waals surface area contributed by atoms with Crippen LogP contribution in [-0.2, 0) is 28.6 Å². The Morgan fingerprint density at radius 1 is 0.554 bits per heavy atom. The number of ether oxygens (including phenoxy) is 3. The fourth-order valence-electron chi connectivity index (χ4n) is 6.75. The summed E-state index contributed by atoms with van der Waals surface area (Å²) in [5.41, 5.74) is 0. The van der Waals surface area contributed by atoms with Crippen LogP contribution in [0.1, 0.15) is 200 Å². The van der Waals surface area contributed by atoms with Crippen LogP contribution in [0.3, 0.4) is 0 Å². The van der Waals surface area contributed by atoms with Gasteiger partial charge in [-0.05, 0) is 44.9 Å². The number of nitrogens with zero attached hydrogens (tertiary/aromatic N) is 1. The number of carbonyl (C=O) groups is 3. The van der Waals surface area contributed by atoms with Gasteiger partial charge in [-0.2, -0.15) is 0 Å². The number of rotatable bonds is 41. The summed E-state index contributed by atoms with van der Waals surface area (Å²) in [5.74, 6) is -1.49. The molecule has 0 radical (unpaired) electrons. The predicted molar refractivity (Wildman–Crippen MR) is 234 cm³/mol. The standard InChI is InChI=1S/C48H87NO7/c1-6-8-10-12-14-16-18-20-22-23-24-25-27-29-31-33-35-37-39-47(51)56-44(42-54-41-40-45(48(52)53)49(3,4)5)43-55-46(50)38-36-34-32-30-28-26-21-19-17-15-13-11-9-7-2/h9,11,15,17,21,26,44-45H,6-8,10,12-14,16,18-20,22-25,27-43H2,1-5H3/p+1/b11-9+,17-15+,26-21+. The Morgan fingerprint density at radius 3 is 1.48 bits per heavy atom. The molecule has 0 saturated heterocycles. The first-order valence-corrected chi connectivity index (χ1v) is 23.0. The number of carboxylic acid groups (broad SMARTS) is 1. The van der Waals surface area contributed by atoms with Crippen molar-refractivity contribution in [2.75, 3.05) is 41.0 Å². The Hall–Kier alpha value is -2.45. The van der Waals surface area contributed by atoms with E-state index in [1.807, 2.05) is 21.1 Å². The Kier molecular flexibility index (Phi) is 37.7. The highest BCUT2D eigenvalue weighted by Gasteiger charge is 2.31. The van der Waals surface area contributed by atoms with Gasteiger partial charge in [-0.1, -0.05) is 172 Å². The van der Waals surface area contributed by atoms with Crippen LogP contribution in [0.4, 0.5) is 0 Å². The van der Waals surface area contributed by atoms with E-state index in [-0.39, 0.29) is 36.2 Å². The molecular weight excluding hydrogens is 703 g/mol. The van der Waals surface area contributed by atoms with Crippen molar-refractivity contribution in [1.29, 1.82) is 0 Å². The van der Waals surface area contributed by atoms with E-state index in [1.165, 1.54) is 96.3 Å². The second kappa shape index (κ2) is 39.4. The van der Waals surface area contributed by atoms with E-state index in [0.717, 1.165) is 70.6 Å². The van der Waals surface area contributed by atoms with Crippen molar-refractivity contribution in [3.63, 3.8) is 0 Å². The zero-order valence-electron chi connectivity index (χ0n) is 37.1. The highest BCUT2D eigenvalue weighted by Crippen LogP contribution is 2.16. The van der Waals surface area contributed by atoms with Crippen LogP contribution in [0.25, 0.3) is 0 Å². The number of likely N-dealkylation sites (N-methyl/N-ethyl adjacent to an activating group) is 1. The largest absolute Gasteiger partial charge is 0.477 e. The summed E-state index contributed by atoms with van der Waals surface area (Å²) >= 11 is 0. The minimum Gasteiger partial charge on any atom is -0.477 e. The summed E-state index contributed by atoms with van der Waals surface area (Å²) < 4.78 is 17.3. The highest BCUT2D eigenvalue weighted by atomic mass is 16.6. The zero-order chi connectivity index (χ0) is 41.4. The maximum atomic E-state index is 12.7. The molecule has 0 heterocycles. The van der Waals surface area contributed by atoms with Crippen LogP contribution in [0.15, 0.2) is 36.5 Å². The zero-order valence-corrected chi connectivity index (χ0v) is 37.1. The van der Waals surface area contributed by atoms with Gasteiger partial charge in [0.1, 0.15) is 6.61 Å². The molecule has 0 saturated carbocycles. The van der Waals surface area contributed by atoms with Crippen LogP contribution < -0.4 is 0 Å². The molecule has 0 spiro atoms. The third-order valence-corrected chi connectivity index (χ3v) is 10.3. The molecule has 2 atom stereocenters. The van der Waals surface area contributed by atoms with Gasteiger partial charge in [0, 0.05) is 19.3 Å². The van der Waals surface area contributed by atoms with Gasteiger partial charge in [-0.25, -0.2) is 4.79 Å². The molecule has 0 amide bonds. The summed E-state index contributed by atoms with van der Waals surface area (Å²) in [4.78, 5) is 37.0. The van der Waals surface area contributed by atoms with Crippen molar-refractivity contribution in [3.8, 4) is 0 Å². The van der Waals surface area contributed by atoms with E-state index in [4.69, 9.17) is 14.2 Å². The topological polar surface area (TPSA) is 99.1 Å². The first kappa shape index (κ1) is 53.6. The lowest BCUT2D eigenvalue weighted by atomic mass is 10.0. The van der Waals surface area contributed by atoms with Gasteiger partial charge in [0.25, 0.3) is 0 Å². The maximum absolute atomic E-state index is 12.7. The Balaban J connectivity index is 4.31. The lowest BCUT2D eigenvalue weighted by Crippen LogP contribution is -2.50. The van der Waals surface area contributed by atoms with Gasteiger partial charge in [0.15, 0.2) is 12.1 Å². The molecule has 0 fully saturated rings. The molecule has 0 aromatic carbocycles. The summed E-state index contributed by atoms with van der Waals surface area (Å²) in [6, 6.07) is -0.616. The summed E-state index contributed by atoms with van der Waals surface area (Å²) in [6.07, 6.45) is 44.7. The Bertz CT molecular complexity index is 1020. The summed E-state index contributed by atoms with van der Waals surface area (Å²) in [7, 11) is 5.52. The van der Waals surface area contributed by atoms with E-state index in [9.17, 15) is 19.5 Å². The molecule has 326 valence electrons. The number of carboxylic acids is 1. The third-order valence-electron chi connectivity index (χ3n) is 10.3. The van der Waals surface area contributed by atoms with Crippen molar-refractivity contribution in [2.24, 2.45) is 0 Å². The minimum atomic E-state index is -0.877. The number of hydrogen-bond acceptors (Lipinski definition) is 6. The van der Waals surface area contributed by atoms with Crippen LogP contribution in [0, 0.1) is 0 Å². The number of esters is 2. The van der Waals surface area contributed by atoms with Gasteiger partial charge < -0.3 is 23.8 Å². The molecule has 0 aliphatic rings. The maximum Gasteiger partial charge on any atom is 0.362 e. The fraction of sp³-hybridized carbons (Fsp3) is 0.812. The number of aliphatic carboxylic acids is 1. The van der Waals surface area contributed by atoms with Crippen molar-refractivity contribution < 1.29 is 38.2 Å². The molecule has 0 bridgehead atoms. The number of hydrogen-bond donors (Lipinski definition) is 1. The molecule has 56 heavy (non-hydrogen) atoms. The number of unbranched alkanes of at least 4 members (excludes halogenated alkanes) is 21. The predicted octanol–water partition coefficient (Wildman–Crippen LogP) is 12.6. The molecule has 0 aliphatic heterocycles. The Labute approximate surface area is 344 Å². The average Bonchev–Trinajstić information content (AvgIpc) is 3.15. The number of carbonyl (C=O) groups excluding carboxylic acids is 2. The van der Waals surface area contributed by atoms with Crippen LogP contribution >= 0.6 is 0 Å². The van der Waals surface area contributed by atoms with E-state index in [2.05, 4.69) is 50.3 Å². The molecule has 0 aliphatic carbocycles. The van der Waals surface area contributed by atoms with Gasteiger partial charge in [-0.15, -0.1) is 0 Å². The molecule has 0 rings (SSSR count). The second-order valence-corrected chi connectivity index (χ2v) is 16.6. The van der Waals surface area contributed by atoms with Crippen LogP contribution in [-0.4, -0.2) is 80.6 Å². The van der Waals surface area contributed by atoms with E-state index < -0.39 is 18.1 Å². The van der Waals surface area contributed by atoms with Gasteiger partial charge in [0.2, 0.25) is 0 Å². The van der Waals surface area contributed by atoms with Crippen molar-refractivity contribution in [1.82, 2.24) is 0 Å². The summed E-state index contributed by atoms with van der Waals surface area (Å²) in [6.45, 7) is 4.62. The van der Waals surface area contributed by atoms with E-state index in [1.54, 1.807) is 0 Å². The lowest BCUT2D eigenvalue weighted by Gasteiger charge is -2.31. The smallest absolute Gasteiger partial charge is 0.362 e. The van der Waals surface area contributed by atoms with Crippen molar-refractivity contribution in [3.05, 3.63) is 36.5 Å². The van der Waals surface area contributed by atoms with E-state index in [0.29, 0.717) is 19.3 Å². The molecule has 8 heteroatoms. The molecule has 0 aromatic rings. The first-order valence-electron chi connectivity index (χ1n) is 23.0. The molecular formula is C48H88NO7+. The number of allylic oxidation sites excluding steroid dienone is 6. The van der Waals surface area contributed by atoms with E-state index >= 15 is 0 Å². The first-order chi connectivity index (χ1) is 27.1. The average molecular weight is 791 g/mol.